The highest BCUT2D eigenvalue weighted by Crippen LogP contribution is 2.53. The molecule has 0 bridgehead atoms. The maximum atomic E-state index is 3.88. The van der Waals surface area contributed by atoms with E-state index in [4.69, 9.17) is 0 Å². The van der Waals surface area contributed by atoms with Crippen LogP contribution in [0.5, 0.6) is 0 Å². The minimum absolute atomic E-state index is 1.12. The van der Waals surface area contributed by atoms with Crippen LogP contribution in [0.4, 0.5) is 17.1 Å². The molecular weight excluding hydrogens is 739 g/mol. The van der Waals surface area contributed by atoms with Crippen molar-refractivity contribution >= 4 is 71.3 Å². The average Bonchev–Trinajstić information content (AvgIpc) is 3.98. The lowest BCUT2D eigenvalue weighted by molar-refractivity contribution is 1.18. The second-order valence-electron chi connectivity index (χ2n) is 16.2. The van der Waals surface area contributed by atoms with E-state index in [2.05, 4.69) is 233 Å². The monoisotopic (exact) mass is 775 g/mol. The smallest absolute Gasteiger partial charge is 0.0551 e. The van der Waals surface area contributed by atoms with Crippen LogP contribution >= 0.6 is 0 Å². The van der Waals surface area contributed by atoms with Crippen molar-refractivity contribution in [1.29, 1.82) is 0 Å². The number of aromatic amines is 1. The predicted molar refractivity (Wildman–Crippen MR) is 258 cm³/mol. The van der Waals surface area contributed by atoms with Crippen molar-refractivity contribution in [2.45, 2.75) is 0 Å². The fourth-order valence-corrected chi connectivity index (χ4v) is 10.0. The molecule has 3 nitrogen and oxygen atoms in total. The van der Waals surface area contributed by atoms with Gasteiger partial charge in [-0.1, -0.05) is 152 Å². The number of para-hydroxylation sites is 2. The van der Waals surface area contributed by atoms with E-state index in [-0.39, 0.29) is 0 Å². The molecule has 3 heteroatoms. The van der Waals surface area contributed by atoms with Gasteiger partial charge in [0.25, 0.3) is 0 Å². The summed E-state index contributed by atoms with van der Waals surface area (Å²) >= 11 is 0. The molecule has 10 aromatic carbocycles. The van der Waals surface area contributed by atoms with Crippen molar-refractivity contribution in [1.82, 2.24) is 9.55 Å². The zero-order valence-corrected chi connectivity index (χ0v) is 33.2. The van der Waals surface area contributed by atoms with Gasteiger partial charge in [-0.3, -0.25) is 0 Å². The SMILES string of the molecule is c1ccc(-c2ccc(N(c3ccc4ccccc4c3)c3ccc4c5c(cccc35)-c3c-4[nH]c4ccc(-c5ccc6c7ccccc7n(-c7ccccc7)c6c5)cc34)cc2)cc1. The summed E-state index contributed by atoms with van der Waals surface area (Å²) in [6.07, 6.45) is 0. The number of nitrogens with zero attached hydrogens (tertiary/aromatic N) is 2. The molecule has 0 unspecified atom stereocenters. The topological polar surface area (TPSA) is 24.0 Å². The highest BCUT2D eigenvalue weighted by atomic mass is 15.1. The number of benzene rings is 10. The molecule has 1 aliphatic rings. The molecule has 13 rings (SSSR count). The Labute approximate surface area is 353 Å². The first-order valence-electron chi connectivity index (χ1n) is 21.0. The molecule has 1 N–H and O–H groups in total. The van der Waals surface area contributed by atoms with Crippen molar-refractivity contribution in [2.24, 2.45) is 0 Å². The van der Waals surface area contributed by atoms with Gasteiger partial charge in [0.1, 0.15) is 0 Å². The Morgan fingerprint density at radius 2 is 1.05 bits per heavy atom. The van der Waals surface area contributed by atoms with Crippen molar-refractivity contribution in [3.63, 3.8) is 0 Å². The van der Waals surface area contributed by atoms with Gasteiger partial charge in [0.05, 0.1) is 22.4 Å². The fourth-order valence-electron chi connectivity index (χ4n) is 10.0. The maximum absolute atomic E-state index is 3.88. The molecule has 0 radical (unpaired) electrons. The molecule has 12 aromatic rings. The number of H-pyrrole nitrogens is 1. The third-order valence-corrected chi connectivity index (χ3v) is 12.8. The van der Waals surface area contributed by atoms with Gasteiger partial charge >= 0.3 is 0 Å². The van der Waals surface area contributed by atoms with Gasteiger partial charge in [-0.05, 0) is 105 Å². The van der Waals surface area contributed by atoms with Gasteiger partial charge in [0.2, 0.25) is 0 Å². The van der Waals surface area contributed by atoms with Crippen LogP contribution < -0.4 is 4.90 Å². The Bertz CT molecular complexity index is 3690. The molecule has 0 atom stereocenters. The second-order valence-corrected chi connectivity index (χ2v) is 16.2. The minimum atomic E-state index is 1.12. The first-order valence-corrected chi connectivity index (χ1v) is 21.0. The summed E-state index contributed by atoms with van der Waals surface area (Å²) < 4.78 is 2.40. The van der Waals surface area contributed by atoms with Gasteiger partial charge in [-0.25, -0.2) is 0 Å². The lowest BCUT2D eigenvalue weighted by atomic mass is 9.97. The first kappa shape index (κ1) is 33.8. The van der Waals surface area contributed by atoms with Crippen LogP contribution in [-0.2, 0) is 0 Å². The molecule has 0 aliphatic heterocycles. The number of hydrogen-bond donors (Lipinski definition) is 1. The van der Waals surface area contributed by atoms with Crippen LogP contribution in [0.1, 0.15) is 0 Å². The van der Waals surface area contributed by atoms with Crippen molar-refractivity contribution < 1.29 is 0 Å². The van der Waals surface area contributed by atoms with Crippen molar-refractivity contribution in [3.05, 3.63) is 218 Å². The van der Waals surface area contributed by atoms with Crippen molar-refractivity contribution in [3.8, 4) is 50.3 Å². The summed E-state index contributed by atoms with van der Waals surface area (Å²) in [4.78, 5) is 6.30. The van der Waals surface area contributed by atoms with E-state index in [0.29, 0.717) is 0 Å². The lowest BCUT2D eigenvalue weighted by Crippen LogP contribution is -2.10. The Hall–Kier alpha value is -8.14. The standard InChI is InChI=1S/C58H37N3/c1-3-12-37(13-4-1)39-22-27-44(28-23-39)60(45-29-24-38-14-7-8-15-40(38)34-45)54-33-31-50-56-48(54)19-11-20-49(56)57-51-35-41(26-32-52(51)59-58(50)57)42-25-30-47-46-18-9-10-21-53(46)61(55(47)36-42)43-16-5-2-6-17-43/h1-36,59H. The van der Waals surface area contributed by atoms with Crippen molar-refractivity contribution in [2.75, 3.05) is 4.90 Å². The molecule has 2 aromatic heterocycles. The van der Waals surface area contributed by atoms with Crippen LogP contribution in [0, 0.1) is 0 Å². The zero-order chi connectivity index (χ0) is 40.0. The average molecular weight is 776 g/mol. The van der Waals surface area contributed by atoms with Gasteiger partial charge in [0.15, 0.2) is 0 Å². The number of fused-ring (bicyclic) bond motifs is 9. The van der Waals surface area contributed by atoms with E-state index in [0.717, 1.165) is 22.6 Å². The van der Waals surface area contributed by atoms with Crippen LogP contribution in [0.2, 0.25) is 0 Å². The Kier molecular flexibility index (Phi) is 7.31. The molecule has 0 fully saturated rings. The second kappa shape index (κ2) is 13.2. The van der Waals surface area contributed by atoms with Gasteiger partial charge in [0, 0.05) is 60.6 Å². The number of rotatable bonds is 6. The van der Waals surface area contributed by atoms with Crippen LogP contribution in [-0.4, -0.2) is 9.55 Å². The highest BCUT2D eigenvalue weighted by Gasteiger charge is 2.28. The summed E-state index contributed by atoms with van der Waals surface area (Å²) in [7, 11) is 0. The third-order valence-electron chi connectivity index (χ3n) is 12.8. The lowest BCUT2D eigenvalue weighted by Gasteiger charge is -2.28. The maximum Gasteiger partial charge on any atom is 0.0551 e. The van der Waals surface area contributed by atoms with E-state index >= 15 is 0 Å². The van der Waals surface area contributed by atoms with Gasteiger partial charge in [-0.2, -0.15) is 0 Å². The van der Waals surface area contributed by atoms with Gasteiger partial charge in [-0.15, -0.1) is 0 Å². The Balaban J connectivity index is 0.963. The third kappa shape index (κ3) is 5.17. The van der Waals surface area contributed by atoms with Gasteiger partial charge < -0.3 is 14.5 Å². The molecule has 0 saturated carbocycles. The van der Waals surface area contributed by atoms with E-state index in [9.17, 15) is 0 Å². The Morgan fingerprint density at radius 3 is 1.92 bits per heavy atom. The predicted octanol–water partition coefficient (Wildman–Crippen LogP) is 16.0. The normalized spacial score (nSPS) is 11.9. The number of hydrogen-bond acceptors (Lipinski definition) is 1. The number of aromatic nitrogens is 2. The van der Waals surface area contributed by atoms with E-state index in [1.165, 1.54) is 99.1 Å². The molecule has 0 saturated heterocycles. The van der Waals surface area contributed by atoms with E-state index in [1.807, 2.05) is 0 Å². The highest BCUT2D eigenvalue weighted by molar-refractivity contribution is 6.24. The van der Waals surface area contributed by atoms with Crippen LogP contribution in [0.15, 0.2) is 218 Å². The van der Waals surface area contributed by atoms with Crippen LogP contribution in [0.3, 0.4) is 0 Å². The largest absolute Gasteiger partial charge is 0.354 e. The Morgan fingerprint density at radius 1 is 0.377 bits per heavy atom. The molecule has 284 valence electrons. The first-order chi connectivity index (χ1) is 30.2. The molecule has 1 aliphatic carbocycles. The molecule has 0 spiro atoms. The molecule has 0 amide bonds. The summed E-state index contributed by atoms with van der Waals surface area (Å²) in [6.45, 7) is 0. The molecular formula is C58H37N3. The fraction of sp³-hybridized carbons (Fsp3) is 0. The van der Waals surface area contributed by atoms with Crippen LogP contribution in [0.25, 0.3) is 105 Å². The number of nitrogens with one attached hydrogen (secondary N) is 1. The number of anilines is 3. The van der Waals surface area contributed by atoms with E-state index < -0.39 is 0 Å². The molecule has 2 heterocycles. The zero-order valence-electron chi connectivity index (χ0n) is 33.2. The van der Waals surface area contributed by atoms with E-state index in [1.54, 1.807) is 0 Å². The summed E-state index contributed by atoms with van der Waals surface area (Å²) in [5.41, 5.74) is 17.9. The summed E-state index contributed by atoms with van der Waals surface area (Å²) in [5, 5.41) is 8.72. The summed E-state index contributed by atoms with van der Waals surface area (Å²) in [6, 6.07) is 79.8. The quantitative estimate of drug-likeness (QED) is 0.179. The minimum Gasteiger partial charge on any atom is -0.354 e. The summed E-state index contributed by atoms with van der Waals surface area (Å²) in [5.74, 6) is 0. The molecule has 61 heavy (non-hydrogen) atoms.